The molecule has 2 saturated heterocycles. The Kier molecular flexibility index (Phi) is 4.08. The summed E-state index contributed by atoms with van der Waals surface area (Å²) in [5.41, 5.74) is 0. The second kappa shape index (κ2) is 5.80. The van der Waals surface area contributed by atoms with E-state index in [1.165, 1.54) is 19.3 Å². The first-order valence-electron chi connectivity index (χ1n) is 7.86. The Balaban J connectivity index is 1.55. The second-order valence-electron chi connectivity index (χ2n) is 6.61. The SMILES string of the molecule is CC1CC2CCOC2C(C(=O)NCC2CCCN2)C1. The first-order chi connectivity index (χ1) is 9.24. The molecule has 4 heteroatoms. The molecule has 0 aromatic rings. The van der Waals surface area contributed by atoms with Crippen molar-refractivity contribution in [3.05, 3.63) is 0 Å². The van der Waals surface area contributed by atoms with Crippen LogP contribution in [0, 0.1) is 17.8 Å². The third-order valence-electron chi connectivity index (χ3n) is 5.04. The zero-order chi connectivity index (χ0) is 13.2. The number of fused-ring (bicyclic) bond motifs is 1. The summed E-state index contributed by atoms with van der Waals surface area (Å²) in [6, 6.07) is 0.477. The van der Waals surface area contributed by atoms with E-state index in [0.29, 0.717) is 17.9 Å². The summed E-state index contributed by atoms with van der Waals surface area (Å²) >= 11 is 0. The Hall–Kier alpha value is -0.610. The average Bonchev–Trinajstić information content (AvgIpc) is 3.05. The molecule has 0 spiro atoms. The standard InChI is InChI=1S/C15H26N2O2/c1-10-7-11-4-6-19-14(11)13(8-10)15(18)17-9-12-3-2-5-16-12/h10-14,16H,2-9H2,1H3,(H,17,18). The van der Waals surface area contributed by atoms with Crippen LogP contribution in [0.15, 0.2) is 0 Å². The molecule has 3 fully saturated rings. The van der Waals surface area contributed by atoms with Crippen LogP contribution in [0.4, 0.5) is 0 Å². The van der Waals surface area contributed by atoms with Gasteiger partial charge in [0, 0.05) is 19.2 Å². The zero-order valence-electron chi connectivity index (χ0n) is 11.9. The number of amides is 1. The van der Waals surface area contributed by atoms with E-state index in [1.807, 2.05) is 0 Å². The van der Waals surface area contributed by atoms with Gasteiger partial charge in [0.05, 0.1) is 12.0 Å². The normalized spacial score (nSPS) is 42.1. The van der Waals surface area contributed by atoms with E-state index in [2.05, 4.69) is 17.6 Å². The number of rotatable bonds is 3. The summed E-state index contributed by atoms with van der Waals surface area (Å²) in [4.78, 5) is 12.4. The lowest BCUT2D eigenvalue weighted by atomic mass is 9.73. The number of hydrogen-bond donors (Lipinski definition) is 2. The minimum Gasteiger partial charge on any atom is -0.377 e. The zero-order valence-corrected chi connectivity index (χ0v) is 11.9. The maximum atomic E-state index is 12.4. The first-order valence-corrected chi connectivity index (χ1v) is 7.86. The molecule has 5 unspecified atom stereocenters. The van der Waals surface area contributed by atoms with E-state index in [0.717, 1.165) is 32.5 Å². The molecule has 1 aliphatic carbocycles. The van der Waals surface area contributed by atoms with Crippen molar-refractivity contribution < 1.29 is 9.53 Å². The molecule has 2 aliphatic heterocycles. The van der Waals surface area contributed by atoms with Gasteiger partial charge in [0.15, 0.2) is 0 Å². The fraction of sp³-hybridized carbons (Fsp3) is 0.933. The average molecular weight is 266 g/mol. The summed E-state index contributed by atoms with van der Waals surface area (Å²) in [5, 5.41) is 6.57. The van der Waals surface area contributed by atoms with Crippen molar-refractivity contribution in [3.8, 4) is 0 Å². The van der Waals surface area contributed by atoms with Gasteiger partial charge >= 0.3 is 0 Å². The molecule has 5 atom stereocenters. The smallest absolute Gasteiger partial charge is 0.225 e. The van der Waals surface area contributed by atoms with Crippen molar-refractivity contribution >= 4 is 5.91 Å². The number of carbonyl (C=O) groups is 1. The van der Waals surface area contributed by atoms with Gasteiger partial charge in [-0.05, 0) is 50.5 Å². The van der Waals surface area contributed by atoms with E-state index in [-0.39, 0.29) is 17.9 Å². The summed E-state index contributed by atoms with van der Waals surface area (Å²) in [7, 11) is 0. The summed E-state index contributed by atoms with van der Waals surface area (Å²) in [6.45, 7) is 4.99. The predicted molar refractivity (Wildman–Crippen MR) is 73.8 cm³/mol. The molecular formula is C15H26N2O2. The Morgan fingerprint density at radius 3 is 3.05 bits per heavy atom. The van der Waals surface area contributed by atoms with E-state index in [4.69, 9.17) is 4.74 Å². The molecular weight excluding hydrogens is 240 g/mol. The molecule has 1 amide bonds. The quantitative estimate of drug-likeness (QED) is 0.809. The molecule has 3 rings (SSSR count). The highest BCUT2D eigenvalue weighted by Crippen LogP contribution is 2.40. The van der Waals surface area contributed by atoms with Crippen molar-refractivity contribution in [2.45, 2.75) is 51.2 Å². The molecule has 1 saturated carbocycles. The van der Waals surface area contributed by atoms with Gasteiger partial charge in [-0.3, -0.25) is 4.79 Å². The fourth-order valence-electron chi connectivity index (χ4n) is 4.08. The monoisotopic (exact) mass is 266 g/mol. The van der Waals surface area contributed by atoms with Gasteiger partial charge in [-0.15, -0.1) is 0 Å². The van der Waals surface area contributed by atoms with Crippen LogP contribution in [-0.2, 0) is 9.53 Å². The maximum Gasteiger partial charge on any atom is 0.225 e. The molecule has 19 heavy (non-hydrogen) atoms. The van der Waals surface area contributed by atoms with Crippen LogP contribution in [0.3, 0.4) is 0 Å². The largest absolute Gasteiger partial charge is 0.377 e. The van der Waals surface area contributed by atoms with Crippen molar-refractivity contribution in [2.24, 2.45) is 17.8 Å². The van der Waals surface area contributed by atoms with Crippen molar-refractivity contribution in [1.82, 2.24) is 10.6 Å². The molecule has 0 radical (unpaired) electrons. The number of hydrogen-bond acceptors (Lipinski definition) is 3. The maximum absolute atomic E-state index is 12.4. The number of nitrogens with one attached hydrogen (secondary N) is 2. The summed E-state index contributed by atoms with van der Waals surface area (Å²) in [5.74, 6) is 1.57. The number of carbonyl (C=O) groups excluding carboxylic acids is 1. The molecule has 0 aromatic carbocycles. The van der Waals surface area contributed by atoms with E-state index >= 15 is 0 Å². The number of ether oxygens (including phenoxy) is 1. The molecule has 3 aliphatic rings. The highest BCUT2D eigenvalue weighted by molar-refractivity contribution is 5.79. The highest BCUT2D eigenvalue weighted by atomic mass is 16.5. The lowest BCUT2D eigenvalue weighted by molar-refractivity contribution is -0.132. The molecule has 0 aromatic heterocycles. The Morgan fingerprint density at radius 1 is 1.37 bits per heavy atom. The highest BCUT2D eigenvalue weighted by Gasteiger charge is 2.43. The van der Waals surface area contributed by atoms with Gasteiger partial charge in [0.1, 0.15) is 0 Å². The lowest BCUT2D eigenvalue weighted by Crippen LogP contribution is -2.46. The van der Waals surface area contributed by atoms with Crippen molar-refractivity contribution in [1.29, 1.82) is 0 Å². The molecule has 108 valence electrons. The van der Waals surface area contributed by atoms with Crippen LogP contribution < -0.4 is 10.6 Å². The van der Waals surface area contributed by atoms with Crippen molar-refractivity contribution in [2.75, 3.05) is 19.7 Å². The topological polar surface area (TPSA) is 50.4 Å². The van der Waals surface area contributed by atoms with E-state index in [9.17, 15) is 4.79 Å². The first kappa shape index (κ1) is 13.4. The van der Waals surface area contributed by atoms with E-state index in [1.54, 1.807) is 0 Å². The third-order valence-corrected chi connectivity index (χ3v) is 5.04. The van der Waals surface area contributed by atoms with Gasteiger partial charge < -0.3 is 15.4 Å². The molecule has 2 heterocycles. The van der Waals surface area contributed by atoms with Gasteiger partial charge in [-0.25, -0.2) is 0 Å². The van der Waals surface area contributed by atoms with Crippen LogP contribution in [-0.4, -0.2) is 37.7 Å². The lowest BCUT2D eigenvalue weighted by Gasteiger charge is -2.35. The van der Waals surface area contributed by atoms with Crippen LogP contribution in [0.1, 0.15) is 39.0 Å². The van der Waals surface area contributed by atoms with Gasteiger partial charge in [-0.1, -0.05) is 6.92 Å². The third kappa shape index (κ3) is 2.95. The Bertz CT molecular complexity index is 328. The minimum absolute atomic E-state index is 0.0812. The van der Waals surface area contributed by atoms with Gasteiger partial charge in [0.2, 0.25) is 5.91 Å². The van der Waals surface area contributed by atoms with Crippen molar-refractivity contribution in [3.63, 3.8) is 0 Å². The molecule has 4 nitrogen and oxygen atoms in total. The van der Waals surface area contributed by atoms with Crippen LogP contribution in [0.5, 0.6) is 0 Å². The Labute approximate surface area is 115 Å². The minimum atomic E-state index is 0.0812. The molecule has 0 bridgehead atoms. The summed E-state index contributed by atoms with van der Waals surface area (Å²) < 4.78 is 5.83. The Morgan fingerprint density at radius 2 is 2.26 bits per heavy atom. The van der Waals surface area contributed by atoms with Gasteiger partial charge in [0.25, 0.3) is 0 Å². The summed E-state index contributed by atoms with van der Waals surface area (Å²) in [6.07, 6.45) is 5.97. The van der Waals surface area contributed by atoms with Gasteiger partial charge in [-0.2, -0.15) is 0 Å². The molecule has 2 N–H and O–H groups in total. The van der Waals surface area contributed by atoms with E-state index < -0.39 is 0 Å². The van der Waals surface area contributed by atoms with Crippen LogP contribution in [0.2, 0.25) is 0 Å². The fourth-order valence-corrected chi connectivity index (χ4v) is 4.08. The van der Waals surface area contributed by atoms with Crippen LogP contribution >= 0.6 is 0 Å². The van der Waals surface area contributed by atoms with Crippen LogP contribution in [0.25, 0.3) is 0 Å². The second-order valence-corrected chi connectivity index (χ2v) is 6.61. The predicted octanol–water partition coefficient (Wildman–Crippen LogP) is 1.31.